The van der Waals surface area contributed by atoms with Gasteiger partial charge in [0.25, 0.3) is 0 Å². The number of nitrogens with zero attached hydrogens (tertiary/aromatic N) is 3. The third-order valence-corrected chi connectivity index (χ3v) is 5.48. The number of rotatable bonds is 4. The standard InChI is InChI=1S/C19H24N4O2/c1-12-21-17(9-18(22-12)19-4-3-7-25-19)16-11-23-6-5-14(16)8-15(23)10-20-13(2)24/h3-4,7,9,14-16H,5-6,8,10-11H2,1-2H3,(H,20,24). The summed E-state index contributed by atoms with van der Waals surface area (Å²) >= 11 is 0. The lowest BCUT2D eigenvalue weighted by Crippen LogP contribution is -2.56. The summed E-state index contributed by atoms with van der Waals surface area (Å²) in [4.78, 5) is 23.0. The Balaban J connectivity index is 1.55. The van der Waals surface area contributed by atoms with Crippen molar-refractivity contribution < 1.29 is 9.21 Å². The van der Waals surface area contributed by atoms with Crippen LogP contribution in [-0.4, -0.2) is 46.5 Å². The Morgan fingerprint density at radius 1 is 1.44 bits per heavy atom. The van der Waals surface area contributed by atoms with Gasteiger partial charge in [-0.15, -0.1) is 0 Å². The quantitative estimate of drug-likeness (QED) is 0.925. The van der Waals surface area contributed by atoms with Crippen LogP contribution in [0.25, 0.3) is 11.5 Å². The van der Waals surface area contributed by atoms with Gasteiger partial charge in [0.1, 0.15) is 11.5 Å². The number of hydrogen-bond acceptors (Lipinski definition) is 5. The molecule has 2 aromatic rings. The second kappa shape index (κ2) is 6.59. The van der Waals surface area contributed by atoms with E-state index in [0.717, 1.165) is 49.0 Å². The van der Waals surface area contributed by atoms with Crippen LogP contribution in [0.1, 0.15) is 37.2 Å². The van der Waals surface area contributed by atoms with E-state index in [1.54, 1.807) is 13.2 Å². The summed E-state index contributed by atoms with van der Waals surface area (Å²) in [5.41, 5.74) is 1.98. The molecule has 0 aromatic carbocycles. The summed E-state index contributed by atoms with van der Waals surface area (Å²) < 4.78 is 5.51. The highest BCUT2D eigenvalue weighted by Crippen LogP contribution is 2.41. The van der Waals surface area contributed by atoms with Gasteiger partial charge in [0.05, 0.1) is 6.26 Å². The average Bonchev–Trinajstić information content (AvgIpc) is 3.14. The zero-order valence-electron chi connectivity index (χ0n) is 14.7. The number of carbonyl (C=O) groups is 1. The molecule has 0 radical (unpaired) electrons. The van der Waals surface area contributed by atoms with Crippen molar-refractivity contribution in [1.29, 1.82) is 0 Å². The number of nitrogens with one attached hydrogen (secondary N) is 1. The molecule has 3 aliphatic rings. The van der Waals surface area contributed by atoms with Crippen molar-refractivity contribution >= 4 is 5.91 Å². The number of fused-ring (bicyclic) bond motifs is 3. The molecule has 2 aromatic heterocycles. The van der Waals surface area contributed by atoms with Crippen LogP contribution in [0.2, 0.25) is 0 Å². The van der Waals surface area contributed by atoms with Gasteiger partial charge in [-0.25, -0.2) is 9.97 Å². The Bertz CT molecular complexity index is 759. The lowest BCUT2D eigenvalue weighted by atomic mass is 9.74. The maximum Gasteiger partial charge on any atom is 0.216 e. The van der Waals surface area contributed by atoms with Gasteiger partial charge < -0.3 is 9.73 Å². The van der Waals surface area contributed by atoms with Crippen LogP contribution in [0.3, 0.4) is 0 Å². The zero-order chi connectivity index (χ0) is 17.4. The molecule has 0 spiro atoms. The SMILES string of the molecule is CC(=O)NCC1CC2CCN1CC2c1cc(-c2ccco2)nc(C)n1. The van der Waals surface area contributed by atoms with Crippen LogP contribution in [0.4, 0.5) is 0 Å². The van der Waals surface area contributed by atoms with E-state index < -0.39 is 0 Å². The molecule has 1 N–H and O–H groups in total. The minimum atomic E-state index is 0.0497. The second-order valence-electron chi connectivity index (χ2n) is 7.18. The molecule has 6 nitrogen and oxygen atoms in total. The van der Waals surface area contributed by atoms with Crippen molar-refractivity contribution in [2.75, 3.05) is 19.6 Å². The number of hydrogen-bond donors (Lipinski definition) is 1. The number of aryl methyl sites for hydroxylation is 1. The molecule has 25 heavy (non-hydrogen) atoms. The first-order valence-electron chi connectivity index (χ1n) is 8.98. The smallest absolute Gasteiger partial charge is 0.216 e. The molecule has 132 valence electrons. The molecule has 3 saturated heterocycles. The van der Waals surface area contributed by atoms with Crippen molar-refractivity contribution in [3.05, 3.63) is 36.0 Å². The number of piperidine rings is 3. The number of amides is 1. The van der Waals surface area contributed by atoms with Gasteiger partial charge in [-0.3, -0.25) is 9.69 Å². The van der Waals surface area contributed by atoms with E-state index in [-0.39, 0.29) is 5.91 Å². The van der Waals surface area contributed by atoms with Gasteiger partial charge in [-0.05, 0) is 50.4 Å². The van der Waals surface area contributed by atoms with Crippen LogP contribution in [0.5, 0.6) is 0 Å². The van der Waals surface area contributed by atoms with E-state index in [1.165, 1.54) is 6.42 Å². The van der Waals surface area contributed by atoms with Gasteiger partial charge in [0.15, 0.2) is 5.76 Å². The first-order chi connectivity index (χ1) is 12.1. The minimum Gasteiger partial charge on any atom is -0.463 e. The highest BCUT2D eigenvalue weighted by molar-refractivity contribution is 5.72. The molecule has 2 bridgehead atoms. The summed E-state index contributed by atoms with van der Waals surface area (Å²) in [6.45, 7) is 6.39. The normalized spacial score (nSPS) is 28.1. The molecular formula is C19H24N4O2. The largest absolute Gasteiger partial charge is 0.463 e. The van der Waals surface area contributed by atoms with Crippen LogP contribution < -0.4 is 5.32 Å². The molecule has 4 atom stereocenters. The van der Waals surface area contributed by atoms with Crippen molar-refractivity contribution in [1.82, 2.24) is 20.2 Å². The van der Waals surface area contributed by atoms with Crippen LogP contribution in [0, 0.1) is 12.8 Å². The molecule has 4 unspecified atom stereocenters. The molecule has 1 amide bonds. The number of carbonyl (C=O) groups excluding carboxylic acids is 1. The molecule has 3 fully saturated rings. The van der Waals surface area contributed by atoms with E-state index in [2.05, 4.69) is 21.3 Å². The Hall–Kier alpha value is -2.21. The summed E-state index contributed by atoms with van der Waals surface area (Å²) in [7, 11) is 0. The first-order valence-corrected chi connectivity index (χ1v) is 8.98. The van der Waals surface area contributed by atoms with E-state index >= 15 is 0 Å². The third-order valence-electron chi connectivity index (χ3n) is 5.48. The first kappa shape index (κ1) is 16.3. The number of aromatic nitrogens is 2. The van der Waals surface area contributed by atoms with Crippen molar-refractivity contribution in [2.45, 2.75) is 38.6 Å². The second-order valence-corrected chi connectivity index (χ2v) is 7.18. The molecule has 6 heteroatoms. The molecule has 0 aliphatic carbocycles. The maximum absolute atomic E-state index is 11.2. The molecular weight excluding hydrogens is 316 g/mol. The highest BCUT2D eigenvalue weighted by Gasteiger charge is 2.41. The van der Waals surface area contributed by atoms with E-state index in [4.69, 9.17) is 9.40 Å². The fraction of sp³-hybridized carbons (Fsp3) is 0.526. The van der Waals surface area contributed by atoms with Gasteiger partial charge >= 0.3 is 0 Å². The Kier molecular flexibility index (Phi) is 4.29. The van der Waals surface area contributed by atoms with Crippen LogP contribution >= 0.6 is 0 Å². The van der Waals surface area contributed by atoms with Crippen LogP contribution in [0.15, 0.2) is 28.9 Å². The van der Waals surface area contributed by atoms with Crippen LogP contribution in [-0.2, 0) is 4.79 Å². The number of furan rings is 1. The van der Waals surface area contributed by atoms with E-state index in [9.17, 15) is 4.79 Å². The monoisotopic (exact) mass is 340 g/mol. The summed E-state index contributed by atoms with van der Waals surface area (Å²) in [6.07, 6.45) is 3.98. The van der Waals surface area contributed by atoms with Gasteiger partial charge in [-0.2, -0.15) is 0 Å². The fourth-order valence-corrected chi connectivity index (χ4v) is 4.28. The minimum absolute atomic E-state index is 0.0497. The third kappa shape index (κ3) is 3.31. The molecule has 3 aliphatic heterocycles. The summed E-state index contributed by atoms with van der Waals surface area (Å²) in [6, 6.07) is 6.35. The maximum atomic E-state index is 11.2. The Labute approximate surface area is 147 Å². The Morgan fingerprint density at radius 3 is 3.00 bits per heavy atom. The molecule has 5 heterocycles. The lowest BCUT2D eigenvalue weighted by Gasteiger charge is -2.49. The lowest BCUT2D eigenvalue weighted by molar-refractivity contribution is -0.119. The summed E-state index contributed by atoms with van der Waals surface area (Å²) in [5.74, 6) is 2.67. The molecule has 0 saturated carbocycles. The fourth-order valence-electron chi connectivity index (χ4n) is 4.28. The van der Waals surface area contributed by atoms with E-state index in [1.807, 2.05) is 19.1 Å². The average molecular weight is 340 g/mol. The van der Waals surface area contributed by atoms with E-state index in [0.29, 0.717) is 17.9 Å². The van der Waals surface area contributed by atoms with Gasteiger partial charge in [0, 0.05) is 37.7 Å². The molecule has 5 rings (SSSR count). The predicted octanol–water partition coefficient (Wildman–Crippen LogP) is 2.36. The van der Waals surface area contributed by atoms with Crippen molar-refractivity contribution in [2.24, 2.45) is 5.92 Å². The van der Waals surface area contributed by atoms with Crippen molar-refractivity contribution in [3.8, 4) is 11.5 Å². The highest BCUT2D eigenvalue weighted by atomic mass is 16.3. The van der Waals surface area contributed by atoms with Gasteiger partial charge in [0.2, 0.25) is 5.91 Å². The van der Waals surface area contributed by atoms with Gasteiger partial charge in [-0.1, -0.05) is 0 Å². The topological polar surface area (TPSA) is 71.3 Å². The Morgan fingerprint density at radius 2 is 2.32 bits per heavy atom. The van der Waals surface area contributed by atoms with Crippen molar-refractivity contribution in [3.63, 3.8) is 0 Å². The predicted molar refractivity (Wildman–Crippen MR) is 94.0 cm³/mol. The zero-order valence-corrected chi connectivity index (χ0v) is 14.7. The summed E-state index contributed by atoms with van der Waals surface area (Å²) in [5, 5.41) is 2.97.